The maximum Gasteiger partial charge on any atom is 0.112 e. The van der Waals surface area contributed by atoms with Crippen LogP contribution in [0.2, 0.25) is 0 Å². The van der Waals surface area contributed by atoms with E-state index in [4.69, 9.17) is 19.9 Å². The highest BCUT2D eigenvalue weighted by Gasteiger charge is 2.66. The summed E-state index contributed by atoms with van der Waals surface area (Å²) in [7, 11) is 1.86. The average molecular weight is 586 g/mol. The Labute approximate surface area is 260 Å². The van der Waals surface area contributed by atoms with Gasteiger partial charge in [0, 0.05) is 23.5 Å². The van der Waals surface area contributed by atoms with Crippen molar-refractivity contribution in [3.63, 3.8) is 0 Å². The smallest absolute Gasteiger partial charge is 0.112 e. The Morgan fingerprint density at radius 3 is 2.26 bits per heavy atom. The number of hydrogen-bond donors (Lipinski definition) is 1. The predicted molar refractivity (Wildman–Crippen MR) is 176 cm³/mol. The summed E-state index contributed by atoms with van der Waals surface area (Å²) in [4.78, 5) is 0. The Hall–Kier alpha value is -0.840. The monoisotopic (exact) mass is 586 g/mol. The largest absolute Gasteiger partial charge is 0.495 e. The molecule has 4 nitrogen and oxygen atoms in total. The van der Waals surface area contributed by atoms with Crippen molar-refractivity contribution in [3.05, 3.63) is 24.0 Å². The van der Waals surface area contributed by atoms with E-state index in [2.05, 4.69) is 101 Å². The van der Waals surface area contributed by atoms with E-state index in [0.29, 0.717) is 36.9 Å². The van der Waals surface area contributed by atoms with E-state index >= 15 is 0 Å². The van der Waals surface area contributed by atoms with Gasteiger partial charge < -0.3 is 19.9 Å². The second kappa shape index (κ2) is 11.2. The SMILES string of the molecule is CCC(OC[C@](C)(N)C(C)(C)C)[C@@](C)(COC)C1CCC2C(=CC[C@]34C=CO[C@]([C@H](C)C(C)C)(CCC23C)C4)C1(C)C. The first-order valence-electron chi connectivity index (χ1n) is 17.2. The lowest BCUT2D eigenvalue weighted by atomic mass is 9.39. The van der Waals surface area contributed by atoms with Gasteiger partial charge in [0.25, 0.3) is 0 Å². The van der Waals surface area contributed by atoms with Gasteiger partial charge in [0.15, 0.2) is 0 Å². The van der Waals surface area contributed by atoms with Crippen LogP contribution in [0, 0.1) is 50.7 Å². The molecule has 4 rings (SSSR count). The molecule has 0 aromatic carbocycles. The van der Waals surface area contributed by atoms with Gasteiger partial charge in [-0.05, 0) is 97.9 Å². The summed E-state index contributed by atoms with van der Waals surface area (Å²) in [6, 6.07) is 0. The standard InChI is InChI=1S/C38H67NO3/c1-14-31(41-25-36(12,39)32(5,6)7)34(10,24-40-13)30-16-15-29-28(33(30,8)9)17-18-37-21-22-42-38(23-37,27(4)26(2)3)20-19-35(29,37)11/h17,21-22,26-27,29-31H,14-16,18-20,23-25,39H2,1-13H3/t27-,29?,30?,31?,34+,35?,36+,37-,38-/m1/s1. The zero-order chi connectivity index (χ0) is 31.6. The van der Waals surface area contributed by atoms with Gasteiger partial charge in [-0.15, -0.1) is 0 Å². The second-order valence-electron chi connectivity index (χ2n) is 17.9. The molecule has 0 amide bonds. The molecular formula is C38H67NO3. The highest BCUT2D eigenvalue weighted by atomic mass is 16.5. The lowest BCUT2D eigenvalue weighted by Gasteiger charge is -2.67. The third-order valence-electron chi connectivity index (χ3n) is 14.2. The normalized spacial score (nSPS) is 38.3. The van der Waals surface area contributed by atoms with Crippen LogP contribution in [0.25, 0.3) is 0 Å². The molecule has 9 atom stereocenters. The summed E-state index contributed by atoms with van der Waals surface area (Å²) in [5, 5.41) is 0. The summed E-state index contributed by atoms with van der Waals surface area (Å²) in [6.07, 6.45) is 15.5. The summed E-state index contributed by atoms with van der Waals surface area (Å²) in [5.41, 5.74) is 8.44. The average Bonchev–Trinajstić information content (AvgIpc) is 2.88. The van der Waals surface area contributed by atoms with E-state index in [1.54, 1.807) is 5.57 Å². The van der Waals surface area contributed by atoms with Crippen LogP contribution in [-0.4, -0.2) is 37.6 Å². The molecule has 1 spiro atoms. The first-order chi connectivity index (χ1) is 19.3. The quantitative estimate of drug-likeness (QED) is 0.260. The summed E-state index contributed by atoms with van der Waals surface area (Å²) in [5.74, 6) is 2.24. The van der Waals surface area contributed by atoms with Crippen molar-refractivity contribution in [1.29, 1.82) is 0 Å². The van der Waals surface area contributed by atoms with Crippen LogP contribution in [0.1, 0.15) is 128 Å². The van der Waals surface area contributed by atoms with Gasteiger partial charge in [0.2, 0.25) is 0 Å². The van der Waals surface area contributed by atoms with Crippen molar-refractivity contribution in [2.75, 3.05) is 20.3 Å². The molecule has 3 aliphatic carbocycles. The fourth-order valence-electron chi connectivity index (χ4n) is 10.2. The highest BCUT2D eigenvalue weighted by Crippen LogP contribution is 2.71. The van der Waals surface area contributed by atoms with Crippen molar-refractivity contribution in [1.82, 2.24) is 0 Å². The Morgan fingerprint density at radius 1 is 1.02 bits per heavy atom. The fourth-order valence-corrected chi connectivity index (χ4v) is 10.2. The van der Waals surface area contributed by atoms with Crippen LogP contribution < -0.4 is 5.73 Å². The van der Waals surface area contributed by atoms with Gasteiger partial charge in [-0.25, -0.2) is 0 Å². The molecule has 1 aliphatic heterocycles. The number of methoxy groups -OCH3 is 1. The number of ether oxygens (including phenoxy) is 3. The van der Waals surface area contributed by atoms with E-state index < -0.39 is 5.54 Å². The van der Waals surface area contributed by atoms with Crippen molar-refractivity contribution in [2.24, 2.45) is 56.5 Å². The fraction of sp³-hybridized carbons (Fsp3) is 0.895. The predicted octanol–water partition coefficient (Wildman–Crippen LogP) is 9.33. The summed E-state index contributed by atoms with van der Waals surface area (Å²) >= 11 is 0. The highest BCUT2D eigenvalue weighted by molar-refractivity contribution is 5.34. The third-order valence-corrected chi connectivity index (χ3v) is 14.2. The second-order valence-corrected chi connectivity index (χ2v) is 17.9. The van der Waals surface area contributed by atoms with E-state index in [0.717, 1.165) is 19.3 Å². The summed E-state index contributed by atoms with van der Waals surface area (Å²) in [6.45, 7) is 29.6. The molecule has 0 radical (unpaired) electrons. The number of fused-ring (bicyclic) bond motifs is 3. The van der Waals surface area contributed by atoms with Gasteiger partial charge in [-0.2, -0.15) is 0 Å². The number of rotatable bonds is 10. The molecule has 2 saturated carbocycles. The molecular weight excluding hydrogens is 518 g/mol. The molecule has 4 unspecified atom stereocenters. The lowest BCUT2D eigenvalue weighted by Crippen LogP contribution is -2.62. The third kappa shape index (κ3) is 5.16. The molecule has 1 heterocycles. The zero-order valence-corrected chi connectivity index (χ0v) is 29.8. The van der Waals surface area contributed by atoms with Gasteiger partial charge >= 0.3 is 0 Å². The van der Waals surface area contributed by atoms with E-state index in [9.17, 15) is 0 Å². The van der Waals surface area contributed by atoms with Crippen molar-refractivity contribution in [3.8, 4) is 0 Å². The van der Waals surface area contributed by atoms with Crippen molar-refractivity contribution in [2.45, 2.75) is 145 Å². The Balaban J connectivity index is 1.67. The van der Waals surface area contributed by atoms with Crippen LogP contribution in [0.3, 0.4) is 0 Å². The molecule has 42 heavy (non-hydrogen) atoms. The van der Waals surface area contributed by atoms with Crippen LogP contribution in [0.4, 0.5) is 0 Å². The maximum absolute atomic E-state index is 6.85. The molecule has 2 N–H and O–H groups in total. The van der Waals surface area contributed by atoms with Gasteiger partial charge in [0.1, 0.15) is 5.60 Å². The zero-order valence-electron chi connectivity index (χ0n) is 29.8. The topological polar surface area (TPSA) is 53.7 Å². The number of allylic oxidation sites excluding steroid dienone is 3. The minimum atomic E-state index is -0.406. The van der Waals surface area contributed by atoms with Crippen LogP contribution in [0.15, 0.2) is 24.0 Å². The Bertz CT molecular complexity index is 1040. The Kier molecular flexibility index (Phi) is 9.08. The van der Waals surface area contributed by atoms with Crippen LogP contribution in [0.5, 0.6) is 0 Å². The number of hydrogen-bond acceptors (Lipinski definition) is 4. The molecule has 0 aromatic heterocycles. The van der Waals surface area contributed by atoms with E-state index in [1.807, 2.05) is 7.11 Å². The molecule has 242 valence electrons. The molecule has 0 aromatic rings. The molecule has 0 saturated heterocycles. The number of nitrogens with two attached hydrogens (primary N) is 1. The maximum atomic E-state index is 6.85. The van der Waals surface area contributed by atoms with Crippen molar-refractivity contribution >= 4 is 0 Å². The molecule has 4 heteroatoms. The Morgan fingerprint density at radius 2 is 1.69 bits per heavy atom. The first-order valence-corrected chi connectivity index (χ1v) is 17.2. The minimum absolute atomic E-state index is 0.0201. The van der Waals surface area contributed by atoms with Gasteiger partial charge in [-0.1, -0.05) is 87.8 Å². The summed E-state index contributed by atoms with van der Waals surface area (Å²) < 4.78 is 19.5. The van der Waals surface area contributed by atoms with Crippen LogP contribution in [-0.2, 0) is 14.2 Å². The lowest BCUT2D eigenvalue weighted by molar-refractivity contribution is -0.180. The minimum Gasteiger partial charge on any atom is -0.495 e. The van der Waals surface area contributed by atoms with Gasteiger partial charge in [0.05, 0.1) is 25.6 Å². The van der Waals surface area contributed by atoms with Crippen molar-refractivity contribution < 1.29 is 14.2 Å². The van der Waals surface area contributed by atoms with E-state index in [1.165, 1.54) is 25.7 Å². The molecule has 2 fully saturated rings. The van der Waals surface area contributed by atoms with Crippen LogP contribution >= 0.6 is 0 Å². The van der Waals surface area contributed by atoms with E-state index in [-0.39, 0.29) is 38.8 Å². The first kappa shape index (κ1) is 34.0. The molecule has 2 bridgehead atoms. The molecule has 4 aliphatic rings. The van der Waals surface area contributed by atoms with Gasteiger partial charge in [-0.3, -0.25) is 0 Å².